The van der Waals surface area contributed by atoms with Gasteiger partial charge in [0.1, 0.15) is 0 Å². The molecule has 0 radical (unpaired) electrons. The molecule has 4 rings (SSSR count). The molecule has 0 aliphatic carbocycles. The van der Waals surface area contributed by atoms with Gasteiger partial charge in [-0.05, 0) is 31.2 Å². The second-order valence-electron chi connectivity index (χ2n) is 6.77. The van der Waals surface area contributed by atoms with Gasteiger partial charge in [0.25, 0.3) is 0 Å². The van der Waals surface area contributed by atoms with Crippen LogP contribution in [0.2, 0.25) is 5.02 Å². The topological polar surface area (TPSA) is 62.3 Å². The zero-order valence-electron chi connectivity index (χ0n) is 15.2. The van der Waals surface area contributed by atoms with Crippen molar-refractivity contribution >= 4 is 45.6 Å². The Balaban J connectivity index is 1.42. The molecule has 1 aromatic heterocycles. The van der Waals surface area contributed by atoms with Crippen molar-refractivity contribution in [3.63, 3.8) is 0 Å². The van der Waals surface area contributed by atoms with E-state index in [1.54, 1.807) is 29.2 Å². The lowest BCUT2D eigenvalue weighted by Gasteiger charge is -2.16. The number of nitrogens with one attached hydrogen (secondary N) is 1. The number of anilines is 2. The van der Waals surface area contributed by atoms with Crippen LogP contribution in [-0.4, -0.2) is 23.3 Å². The number of aryl methyl sites for hydroxylation is 1. The van der Waals surface area contributed by atoms with Crippen molar-refractivity contribution in [2.24, 2.45) is 5.92 Å². The number of rotatable bonds is 4. The first-order valence-corrected chi connectivity index (χ1v) is 10.1. The molecular formula is C21H18ClN3O2S. The van der Waals surface area contributed by atoms with Crippen LogP contribution in [0.15, 0.2) is 53.9 Å². The third kappa shape index (κ3) is 3.93. The van der Waals surface area contributed by atoms with E-state index in [1.807, 2.05) is 36.6 Å². The minimum Gasteiger partial charge on any atom is -0.312 e. The van der Waals surface area contributed by atoms with Gasteiger partial charge in [-0.1, -0.05) is 41.4 Å². The molecule has 2 heterocycles. The van der Waals surface area contributed by atoms with Crippen molar-refractivity contribution in [2.45, 2.75) is 13.3 Å². The van der Waals surface area contributed by atoms with Crippen LogP contribution in [0, 0.1) is 12.8 Å². The summed E-state index contributed by atoms with van der Waals surface area (Å²) in [4.78, 5) is 31.1. The predicted molar refractivity (Wildman–Crippen MR) is 113 cm³/mol. The minimum absolute atomic E-state index is 0.0676. The molecule has 0 saturated carbocycles. The van der Waals surface area contributed by atoms with Crippen molar-refractivity contribution < 1.29 is 9.59 Å². The first kappa shape index (κ1) is 18.7. The first-order valence-electron chi connectivity index (χ1n) is 8.89. The fourth-order valence-corrected chi connectivity index (χ4v) is 4.00. The average Bonchev–Trinajstić information content (AvgIpc) is 3.30. The summed E-state index contributed by atoms with van der Waals surface area (Å²) in [6.45, 7) is 2.38. The van der Waals surface area contributed by atoms with Crippen LogP contribution in [0.5, 0.6) is 0 Å². The lowest BCUT2D eigenvalue weighted by molar-refractivity contribution is -0.122. The Morgan fingerprint density at radius 2 is 1.89 bits per heavy atom. The summed E-state index contributed by atoms with van der Waals surface area (Å²) >= 11 is 7.28. The smallest absolute Gasteiger partial charge is 0.231 e. The summed E-state index contributed by atoms with van der Waals surface area (Å²) in [7, 11) is 0. The number of amides is 2. The molecule has 0 bridgehead atoms. The maximum atomic E-state index is 12.6. The zero-order chi connectivity index (χ0) is 19.7. The highest BCUT2D eigenvalue weighted by Crippen LogP contribution is 2.29. The molecule has 5 nitrogen and oxygen atoms in total. The molecule has 0 spiro atoms. The van der Waals surface area contributed by atoms with Crippen LogP contribution < -0.4 is 10.2 Å². The number of carbonyl (C=O) groups excluding carboxylic acids is 2. The Kier molecular flexibility index (Phi) is 5.15. The monoisotopic (exact) mass is 411 g/mol. The summed E-state index contributed by atoms with van der Waals surface area (Å²) in [6, 6.07) is 15.1. The second kappa shape index (κ2) is 7.73. The average molecular weight is 412 g/mol. The van der Waals surface area contributed by atoms with E-state index >= 15 is 0 Å². The highest BCUT2D eigenvalue weighted by molar-refractivity contribution is 7.14. The van der Waals surface area contributed by atoms with E-state index in [9.17, 15) is 9.59 Å². The fourth-order valence-electron chi connectivity index (χ4n) is 3.15. The van der Waals surface area contributed by atoms with Gasteiger partial charge in [0.2, 0.25) is 11.8 Å². The highest BCUT2D eigenvalue weighted by Gasteiger charge is 2.35. The summed E-state index contributed by atoms with van der Waals surface area (Å²) in [6.07, 6.45) is 0.185. The van der Waals surface area contributed by atoms with Gasteiger partial charge in [-0.25, -0.2) is 4.98 Å². The molecule has 28 heavy (non-hydrogen) atoms. The first-order chi connectivity index (χ1) is 13.5. The molecule has 7 heteroatoms. The van der Waals surface area contributed by atoms with Gasteiger partial charge in [0, 0.05) is 34.6 Å². The molecule has 2 aromatic carbocycles. The van der Waals surface area contributed by atoms with Crippen LogP contribution in [0.1, 0.15) is 12.0 Å². The third-order valence-corrected chi connectivity index (χ3v) is 5.73. The maximum Gasteiger partial charge on any atom is 0.231 e. The fraction of sp³-hybridized carbons (Fsp3) is 0.190. The van der Waals surface area contributed by atoms with Crippen molar-refractivity contribution in [3.8, 4) is 11.3 Å². The summed E-state index contributed by atoms with van der Waals surface area (Å²) in [5.41, 5.74) is 3.77. The standard InChI is InChI=1S/C21H18ClN3O2S/c1-13-2-4-14(5-3-13)18-12-28-21(23-18)24-20(27)15-10-19(26)25(11-15)17-8-6-16(22)7-9-17/h2-9,12,15H,10-11H2,1H3,(H,23,24,27). The molecule has 1 N–H and O–H groups in total. The molecule has 142 valence electrons. The quantitative estimate of drug-likeness (QED) is 0.673. The summed E-state index contributed by atoms with van der Waals surface area (Å²) in [5.74, 6) is -0.661. The van der Waals surface area contributed by atoms with E-state index in [4.69, 9.17) is 11.6 Å². The Hall–Kier alpha value is -2.70. The zero-order valence-corrected chi connectivity index (χ0v) is 16.8. The number of benzene rings is 2. The summed E-state index contributed by atoms with van der Waals surface area (Å²) in [5, 5.41) is 5.92. The van der Waals surface area contributed by atoms with Gasteiger partial charge in [0.15, 0.2) is 5.13 Å². The van der Waals surface area contributed by atoms with Crippen LogP contribution in [0.4, 0.5) is 10.8 Å². The van der Waals surface area contributed by atoms with Crippen molar-refractivity contribution in [2.75, 3.05) is 16.8 Å². The number of aromatic nitrogens is 1. The number of hydrogen-bond acceptors (Lipinski definition) is 4. The Bertz CT molecular complexity index is 1010. The van der Waals surface area contributed by atoms with E-state index in [2.05, 4.69) is 10.3 Å². The maximum absolute atomic E-state index is 12.6. The number of carbonyl (C=O) groups is 2. The van der Waals surface area contributed by atoms with Crippen molar-refractivity contribution in [1.82, 2.24) is 4.98 Å². The van der Waals surface area contributed by atoms with E-state index in [0.29, 0.717) is 16.7 Å². The lowest BCUT2D eigenvalue weighted by Crippen LogP contribution is -2.28. The summed E-state index contributed by atoms with van der Waals surface area (Å²) < 4.78 is 0. The van der Waals surface area contributed by atoms with Crippen molar-refractivity contribution in [3.05, 3.63) is 64.5 Å². The molecule has 3 aromatic rings. The van der Waals surface area contributed by atoms with E-state index in [1.165, 1.54) is 16.9 Å². The molecule has 2 amide bonds. The molecule has 1 unspecified atom stereocenters. The van der Waals surface area contributed by atoms with Crippen LogP contribution >= 0.6 is 22.9 Å². The third-order valence-electron chi connectivity index (χ3n) is 4.72. The van der Waals surface area contributed by atoms with E-state index in [0.717, 1.165) is 16.9 Å². The Morgan fingerprint density at radius 3 is 2.61 bits per heavy atom. The molecule has 1 aliphatic rings. The number of halogens is 1. The minimum atomic E-state index is -0.407. The largest absolute Gasteiger partial charge is 0.312 e. The molecular weight excluding hydrogens is 394 g/mol. The molecule has 1 fully saturated rings. The van der Waals surface area contributed by atoms with Gasteiger partial charge in [0.05, 0.1) is 11.6 Å². The van der Waals surface area contributed by atoms with Gasteiger partial charge in [-0.2, -0.15) is 0 Å². The van der Waals surface area contributed by atoms with Crippen LogP contribution in [0.3, 0.4) is 0 Å². The number of thiazole rings is 1. The van der Waals surface area contributed by atoms with Crippen molar-refractivity contribution in [1.29, 1.82) is 0 Å². The van der Waals surface area contributed by atoms with E-state index < -0.39 is 5.92 Å². The van der Waals surface area contributed by atoms with Crippen LogP contribution in [0.25, 0.3) is 11.3 Å². The SMILES string of the molecule is Cc1ccc(-c2csc(NC(=O)C3CC(=O)N(c4ccc(Cl)cc4)C3)n2)cc1. The Morgan fingerprint density at radius 1 is 1.18 bits per heavy atom. The van der Waals surface area contributed by atoms with Gasteiger partial charge in [-0.3, -0.25) is 9.59 Å². The number of hydrogen-bond donors (Lipinski definition) is 1. The van der Waals surface area contributed by atoms with E-state index in [-0.39, 0.29) is 18.2 Å². The number of nitrogens with zero attached hydrogens (tertiary/aromatic N) is 2. The predicted octanol–water partition coefficient (Wildman–Crippen LogP) is 4.76. The lowest BCUT2D eigenvalue weighted by atomic mass is 10.1. The normalized spacial score (nSPS) is 16.4. The van der Waals surface area contributed by atoms with Gasteiger partial charge >= 0.3 is 0 Å². The van der Waals surface area contributed by atoms with Gasteiger partial charge < -0.3 is 10.2 Å². The second-order valence-corrected chi connectivity index (χ2v) is 8.07. The molecule has 1 aliphatic heterocycles. The van der Waals surface area contributed by atoms with Crippen LogP contribution in [-0.2, 0) is 9.59 Å². The Labute approximate surface area is 172 Å². The van der Waals surface area contributed by atoms with Gasteiger partial charge in [-0.15, -0.1) is 11.3 Å². The molecule has 1 atom stereocenters. The molecule has 1 saturated heterocycles. The highest BCUT2D eigenvalue weighted by atomic mass is 35.5.